The second kappa shape index (κ2) is 7.14. The lowest BCUT2D eigenvalue weighted by atomic mass is 10.2. The molecule has 0 aliphatic heterocycles. The summed E-state index contributed by atoms with van der Waals surface area (Å²) in [4.78, 5) is 0. The second-order valence-corrected chi connectivity index (χ2v) is 2.80. The van der Waals surface area contributed by atoms with Crippen LogP contribution in [-0.4, -0.2) is 18.3 Å². The van der Waals surface area contributed by atoms with E-state index in [1.165, 1.54) is 5.56 Å². The highest BCUT2D eigenvalue weighted by Crippen LogP contribution is 2.00. The average molecular weight is 190 g/mol. The molecule has 1 aromatic carbocycles. The third-order valence-corrected chi connectivity index (χ3v) is 1.69. The van der Waals surface area contributed by atoms with E-state index in [9.17, 15) is 0 Å². The van der Waals surface area contributed by atoms with E-state index in [0.717, 1.165) is 0 Å². The smallest absolute Gasteiger partial charge is 0.104 e. The van der Waals surface area contributed by atoms with E-state index in [2.05, 4.69) is 11.8 Å². The Morgan fingerprint density at radius 3 is 2.64 bits per heavy atom. The topological polar surface area (TPSA) is 29.5 Å². The molecule has 0 saturated heterocycles. The van der Waals surface area contributed by atoms with Crippen LogP contribution in [0.2, 0.25) is 0 Å². The lowest BCUT2D eigenvalue weighted by Gasteiger charge is -2.00. The molecule has 14 heavy (non-hydrogen) atoms. The van der Waals surface area contributed by atoms with Gasteiger partial charge < -0.3 is 9.84 Å². The van der Waals surface area contributed by atoms with Crippen molar-refractivity contribution in [2.45, 2.75) is 13.0 Å². The fourth-order valence-corrected chi connectivity index (χ4v) is 1.03. The maximum absolute atomic E-state index is 8.39. The monoisotopic (exact) mass is 190 g/mol. The first kappa shape index (κ1) is 10.8. The summed E-state index contributed by atoms with van der Waals surface area (Å²) < 4.78 is 5.38. The van der Waals surface area contributed by atoms with Crippen LogP contribution >= 0.6 is 0 Å². The zero-order valence-corrected chi connectivity index (χ0v) is 8.07. The molecule has 0 heterocycles. The summed E-state index contributed by atoms with van der Waals surface area (Å²) >= 11 is 0. The fourth-order valence-electron chi connectivity index (χ4n) is 1.03. The Balaban J connectivity index is 2.10. The number of rotatable bonds is 4. The summed E-state index contributed by atoms with van der Waals surface area (Å²) in [6.07, 6.45) is 0.674. The number of benzene rings is 1. The maximum atomic E-state index is 8.39. The van der Waals surface area contributed by atoms with Crippen molar-refractivity contribution in [1.82, 2.24) is 0 Å². The van der Waals surface area contributed by atoms with Gasteiger partial charge in [0.15, 0.2) is 0 Å². The van der Waals surface area contributed by atoms with Gasteiger partial charge >= 0.3 is 0 Å². The number of hydrogen-bond donors (Lipinski definition) is 1. The first-order valence-corrected chi connectivity index (χ1v) is 4.61. The molecule has 1 aromatic rings. The largest absolute Gasteiger partial charge is 0.384 e. The van der Waals surface area contributed by atoms with Gasteiger partial charge in [-0.3, -0.25) is 0 Å². The minimum absolute atomic E-state index is 0.0707. The molecule has 74 valence electrons. The average Bonchev–Trinajstić information content (AvgIpc) is 2.25. The standard InChI is InChI=1S/C12H14O2/c13-9-5-2-6-10-14-11-12-7-3-1-4-8-12/h1,3-4,7-8,13H,6,9-11H2. The zero-order chi connectivity index (χ0) is 10.1. The molecule has 0 aliphatic carbocycles. The molecule has 0 amide bonds. The van der Waals surface area contributed by atoms with Crippen molar-refractivity contribution in [2.75, 3.05) is 13.2 Å². The van der Waals surface area contributed by atoms with Gasteiger partial charge in [0.1, 0.15) is 6.61 Å². The number of aliphatic hydroxyl groups is 1. The van der Waals surface area contributed by atoms with E-state index < -0.39 is 0 Å². The molecule has 0 spiro atoms. The Hall–Kier alpha value is -1.30. The summed E-state index contributed by atoms with van der Waals surface area (Å²) in [6.45, 7) is 1.17. The van der Waals surface area contributed by atoms with Crippen molar-refractivity contribution in [3.63, 3.8) is 0 Å². The third kappa shape index (κ3) is 4.66. The van der Waals surface area contributed by atoms with Crippen LogP contribution in [0.25, 0.3) is 0 Å². The second-order valence-electron chi connectivity index (χ2n) is 2.80. The molecule has 0 aliphatic rings. The van der Waals surface area contributed by atoms with E-state index in [1.54, 1.807) is 0 Å². The van der Waals surface area contributed by atoms with Gasteiger partial charge in [-0.15, -0.1) is 0 Å². The summed E-state index contributed by atoms with van der Waals surface area (Å²) in [5, 5.41) is 8.39. The van der Waals surface area contributed by atoms with E-state index in [0.29, 0.717) is 19.6 Å². The van der Waals surface area contributed by atoms with E-state index >= 15 is 0 Å². The minimum Gasteiger partial charge on any atom is -0.384 e. The molecule has 0 atom stereocenters. The normalized spacial score (nSPS) is 9.21. The Bertz CT molecular complexity index is 295. The summed E-state index contributed by atoms with van der Waals surface area (Å²) in [5.74, 6) is 5.37. The van der Waals surface area contributed by atoms with Gasteiger partial charge in [0.2, 0.25) is 0 Å². The van der Waals surface area contributed by atoms with Crippen LogP contribution < -0.4 is 0 Å². The van der Waals surface area contributed by atoms with Gasteiger partial charge in [-0.2, -0.15) is 0 Å². The summed E-state index contributed by atoms with van der Waals surface area (Å²) in [5.41, 5.74) is 1.17. The van der Waals surface area contributed by atoms with Crippen molar-refractivity contribution < 1.29 is 9.84 Å². The first-order chi connectivity index (χ1) is 6.93. The lowest BCUT2D eigenvalue weighted by Crippen LogP contribution is -1.94. The molecule has 0 radical (unpaired) electrons. The highest BCUT2D eigenvalue weighted by Gasteiger charge is 1.89. The maximum Gasteiger partial charge on any atom is 0.104 e. The van der Waals surface area contributed by atoms with Gasteiger partial charge in [0.25, 0.3) is 0 Å². The van der Waals surface area contributed by atoms with Crippen molar-refractivity contribution in [1.29, 1.82) is 0 Å². The molecule has 0 saturated carbocycles. The van der Waals surface area contributed by atoms with Gasteiger partial charge in [0.05, 0.1) is 13.2 Å². The molecule has 0 aromatic heterocycles. The minimum atomic E-state index is -0.0707. The summed E-state index contributed by atoms with van der Waals surface area (Å²) in [7, 11) is 0. The number of hydrogen-bond acceptors (Lipinski definition) is 2. The molecule has 2 heteroatoms. The van der Waals surface area contributed by atoms with Crippen LogP contribution in [0.3, 0.4) is 0 Å². The molecule has 2 nitrogen and oxygen atoms in total. The van der Waals surface area contributed by atoms with Crippen LogP contribution in [0.5, 0.6) is 0 Å². The first-order valence-electron chi connectivity index (χ1n) is 4.61. The van der Waals surface area contributed by atoms with Crippen LogP contribution in [-0.2, 0) is 11.3 Å². The van der Waals surface area contributed by atoms with Crippen LogP contribution in [0.4, 0.5) is 0 Å². The lowest BCUT2D eigenvalue weighted by molar-refractivity contribution is 0.126. The van der Waals surface area contributed by atoms with Gasteiger partial charge in [-0.25, -0.2) is 0 Å². The van der Waals surface area contributed by atoms with Crippen LogP contribution in [0, 0.1) is 11.8 Å². The van der Waals surface area contributed by atoms with E-state index in [-0.39, 0.29) is 6.61 Å². The highest BCUT2D eigenvalue weighted by molar-refractivity contribution is 5.13. The van der Waals surface area contributed by atoms with E-state index in [1.807, 2.05) is 30.3 Å². The predicted octanol–water partition coefficient (Wildman–Crippen LogP) is 1.59. The summed E-state index contributed by atoms with van der Waals surface area (Å²) in [6, 6.07) is 10.0. The zero-order valence-electron chi connectivity index (χ0n) is 8.07. The Morgan fingerprint density at radius 1 is 1.14 bits per heavy atom. The Morgan fingerprint density at radius 2 is 1.93 bits per heavy atom. The molecule has 0 fully saturated rings. The van der Waals surface area contributed by atoms with Crippen LogP contribution in [0.15, 0.2) is 30.3 Å². The van der Waals surface area contributed by atoms with Crippen molar-refractivity contribution in [2.24, 2.45) is 0 Å². The Labute approximate surface area is 84.5 Å². The SMILES string of the molecule is OCC#CCCOCc1ccccc1. The molecular formula is C12H14O2. The molecule has 1 rings (SSSR count). The van der Waals surface area contributed by atoms with Crippen LogP contribution in [0.1, 0.15) is 12.0 Å². The van der Waals surface area contributed by atoms with Crippen molar-refractivity contribution in [3.05, 3.63) is 35.9 Å². The van der Waals surface area contributed by atoms with Crippen molar-refractivity contribution in [3.8, 4) is 11.8 Å². The van der Waals surface area contributed by atoms with Crippen molar-refractivity contribution >= 4 is 0 Å². The fraction of sp³-hybridized carbons (Fsp3) is 0.333. The number of ether oxygens (including phenoxy) is 1. The Kier molecular flexibility index (Phi) is 5.49. The molecule has 0 bridgehead atoms. The van der Waals surface area contributed by atoms with Gasteiger partial charge in [-0.05, 0) is 5.56 Å². The molecular weight excluding hydrogens is 176 g/mol. The molecule has 0 unspecified atom stereocenters. The van der Waals surface area contributed by atoms with Gasteiger partial charge in [0, 0.05) is 6.42 Å². The van der Waals surface area contributed by atoms with Gasteiger partial charge in [-0.1, -0.05) is 42.2 Å². The quantitative estimate of drug-likeness (QED) is 0.577. The van der Waals surface area contributed by atoms with E-state index in [4.69, 9.17) is 9.84 Å². The highest BCUT2D eigenvalue weighted by atomic mass is 16.5. The molecule has 1 N–H and O–H groups in total. The number of aliphatic hydroxyl groups excluding tert-OH is 1. The predicted molar refractivity (Wildman–Crippen MR) is 55.6 cm³/mol. The third-order valence-electron chi connectivity index (χ3n) is 1.69.